The average Bonchev–Trinajstić information content (AvgIpc) is 2.43. The summed E-state index contributed by atoms with van der Waals surface area (Å²) in [5.41, 5.74) is 2.80. The van der Waals surface area contributed by atoms with Gasteiger partial charge in [0.15, 0.2) is 0 Å². The van der Waals surface area contributed by atoms with Crippen molar-refractivity contribution in [2.75, 3.05) is 20.3 Å². The molecule has 0 amide bonds. The first kappa shape index (κ1) is 17.2. The largest absolute Gasteiger partial charge is 0.383 e. The summed E-state index contributed by atoms with van der Waals surface area (Å²) in [5, 5.41) is 3.50. The van der Waals surface area contributed by atoms with Gasteiger partial charge < -0.3 is 10.1 Å². The summed E-state index contributed by atoms with van der Waals surface area (Å²) in [6.07, 6.45) is 0. The Labute approximate surface area is 124 Å². The summed E-state index contributed by atoms with van der Waals surface area (Å²) in [6, 6.07) is 9.66. The van der Waals surface area contributed by atoms with Gasteiger partial charge in [-0.2, -0.15) is 0 Å². The molecule has 114 valence electrons. The van der Waals surface area contributed by atoms with E-state index in [1.165, 1.54) is 11.1 Å². The molecule has 1 N–H and O–H groups in total. The van der Waals surface area contributed by atoms with E-state index >= 15 is 0 Å². The number of benzene rings is 1. The number of nitrogens with zero attached hydrogens (tertiary/aromatic N) is 1. The molecule has 0 aliphatic heterocycles. The van der Waals surface area contributed by atoms with Crippen LogP contribution >= 0.6 is 0 Å². The van der Waals surface area contributed by atoms with Gasteiger partial charge in [-0.05, 0) is 24.6 Å². The molecular formula is C17H30N2O. The fraction of sp³-hybridized carbons (Fsp3) is 0.647. The maximum atomic E-state index is 5.28. The van der Waals surface area contributed by atoms with E-state index in [9.17, 15) is 0 Å². The van der Waals surface area contributed by atoms with Crippen molar-refractivity contribution in [1.82, 2.24) is 10.2 Å². The SMILES string of the molecule is CCN(Cc1ccccc1CNC(C)C)C(C)COC. The van der Waals surface area contributed by atoms with Gasteiger partial charge in [-0.15, -0.1) is 0 Å². The number of likely N-dealkylation sites (N-methyl/N-ethyl adjacent to an activating group) is 1. The summed E-state index contributed by atoms with van der Waals surface area (Å²) in [5.74, 6) is 0. The van der Waals surface area contributed by atoms with Gasteiger partial charge in [0.05, 0.1) is 6.61 Å². The quantitative estimate of drug-likeness (QED) is 0.751. The molecule has 0 fully saturated rings. The minimum Gasteiger partial charge on any atom is -0.383 e. The number of nitrogens with one attached hydrogen (secondary N) is 1. The predicted molar refractivity (Wildman–Crippen MR) is 85.8 cm³/mol. The number of rotatable bonds is 9. The van der Waals surface area contributed by atoms with E-state index in [-0.39, 0.29) is 0 Å². The highest BCUT2D eigenvalue weighted by molar-refractivity contribution is 5.27. The topological polar surface area (TPSA) is 24.5 Å². The lowest BCUT2D eigenvalue weighted by molar-refractivity contribution is 0.0980. The zero-order valence-corrected chi connectivity index (χ0v) is 13.6. The third-order valence-corrected chi connectivity index (χ3v) is 3.63. The van der Waals surface area contributed by atoms with Crippen LogP contribution in [-0.2, 0) is 17.8 Å². The van der Waals surface area contributed by atoms with Crippen LogP contribution in [0.5, 0.6) is 0 Å². The molecule has 0 radical (unpaired) electrons. The standard InChI is InChI=1S/C17H30N2O/c1-6-19(15(4)13-20-5)12-17-10-8-7-9-16(17)11-18-14(2)3/h7-10,14-15,18H,6,11-13H2,1-5H3. The van der Waals surface area contributed by atoms with Crippen LogP contribution in [0.2, 0.25) is 0 Å². The Morgan fingerprint density at radius 2 is 1.80 bits per heavy atom. The van der Waals surface area contributed by atoms with Crippen molar-refractivity contribution in [3.63, 3.8) is 0 Å². The molecule has 1 rings (SSSR count). The number of hydrogen-bond acceptors (Lipinski definition) is 3. The number of ether oxygens (including phenoxy) is 1. The van der Waals surface area contributed by atoms with E-state index in [0.29, 0.717) is 12.1 Å². The van der Waals surface area contributed by atoms with Gasteiger partial charge in [0.2, 0.25) is 0 Å². The second-order valence-corrected chi connectivity index (χ2v) is 5.67. The molecule has 0 aliphatic carbocycles. The molecule has 3 nitrogen and oxygen atoms in total. The van der Waals surface area contributed by atoms with Crippen LogP contribution < -0.4 is 5.32 Å². The van der Waals surface area contributed by atoms with Crippen LogP contribution in [0, 0.1) is 0 Å². The normalized spacial score (nSPS) is 13.2. The van der Waals surface area contributed by atoms with E-state index in [1.54, 1.807) is 7.11 Å². The molecule has 0 saturated carbocycles. The molecule has 1 aromatic rings. The van der Waals surface area contributed by atoms with E-state index in [2.05, 4.69) is 62.2 Å². The van der Waals surface area contributed by atoms with Crippen LogP contribution in [0.3, 0.4) is 0 Å². The maximum absolute atomic E-state index is 5.28. The van der Waals surface area contributed by atoms with Gasteiger partial charge in [-0.25, -0.2) is 0 Å². The van der Waals surface area contributed by atoms with Gasteiger partial charge in [-0.1, -0.05) is 45.0 Å². The van der Waals surface area contributed by atoms with Crippen molar-refractivity contribution in [1.29, 1.82) is 0 Å². The maximum Gasteiger partial charge on any atom is 0.0615 e. The minimum atomic E-state index is 0.441. The molecule has 1 aromatic carbocycles. The lowest BCUT2D eigenvalue weighted by Crippen LogP contribution is -2.36. The van der Waals surface area contributed by atoms with Crippen LogP contribution in [0.4, 0.5) is 0 Å². The second kappa shape index (κ2) is 9.11. The first-order valence-corrected chi connectivity index (χ1v) is 7.61. The Kier molecular flexibility index (Phi) is 7.82. The molecule has 0 heterocycles. The Hall–Kier alpha value is -0.900. The number of methoxy groups -OCH3 is 1. The molecule has 20 heavy (non-hydrogen) atoms. The van der Waals surface area contributed by atoms with Crippen LogP contribution in [0.25, 0.3) is 0 Å². The van der Waals surface area contributed by atoms with Gasteiger partial charge in [-0.3, -0.25) is 4.90 Å². The Morgan fingerprint density at radius 3 is 2.35 bits per heavy atom. The fourth-order valence-electron chi connectivity index (χ4n) is 2.34. The first-order valence-electron chi connectivity index (χ1n) is 7.61. The summed E-state index contributed by atoms with van der Waals surface area (Å²) in [6.45, 7) is 12.5. The minimum absolute atomic E-state index is 0.441. The third kappa shape index (κ3) is 5.61. The summed E-state index contributed by atoms with van der Waals surface area (Å²) in [4.78, 5) is 2.46. The second-order valence-electron chi connectivity index (χ2n) is 5.67. The molecule has 0 aliphatic rings. The van der Waals surface area contributed by atoms with E-state index in [4.69, 9.17) is 4.74 Å². The van der Waals surface area contributed by atoms with Crippen molar-refractivity contribution >= 4 is 0 Å². The summed E-state index contributed by atoms with van der Waals surface area (Å²) < 4.78 is 5.28. The molecule has 0 aromatic heterocycles. The lowest BCUT2D eigenvalue weighted by atomic mass is 10.1. The molecule has 1 unspecified atom stereocenters. The highest BCUT2D eigenvalue weighted by atomic mass is 16.5. The van der Waals surface area contributed by atoms with Crippen molar-refractivity contribution in [3.05, 3.63) is 35.4 Å². The summed E-state index contributed by atoms with van der Waals surface area (Å²) >= 11 is 0. The number of hydrogen-bond donors (Lipinski definition) is 1. The zero-order chi connectivity index (χ0) is 15.0. The Balaban J connectivity index is 2.74. The monoisotopic (exact) mass is 278 g/mol. The van der Waals surface area contributed by atoms with Crippen molar-refractivity contribution in [2.24, 2.45) is 0 Å². The zero-order valence-electron chi connectivity index (χ0n) is 13.6. The highest BCUT2D eigenvalue weighted by Gasteiger charge is 2.13. The van der Waals surface area contributed by atoms with Crippen molar-refractivity contribution in [2.45, 2.75) is 52.9 Å². The van der Waals surface area contributed by atoms with Gasteiger partial charge in [0.25, 0.3) is 0 Å². The summed E-state index contributed by atoms with van der Waals surface area (Å²) in [7, 11) is 1.77. The highest BCUT2D eigenvalue weighted by Crippen LogP contribution is 2.14. The molecule has 0 saturated heterocycles. The van der Waals surface area contributed by atoms with Crippen LogP contribution in [0.1, 0.15) is 38.8 Å². The molecule has 3 heteroatoms. The predicted octanol–water partition coefficient (Wildman–Crippen LogP) is 3.04. The van der Waals surface area contributed by atoms with Gasteiger partial charge in [0.1, 0.15) is 0 Å². The first-order chi connectivity index (χ1) is 9.58. The molecule has 0 bridgehead atoms. The smallest absolute Gasteiger partial charge is 0.0615 e. The molecule has 1 atom stereocenters. The fourth-order valence-corrected chi connectivity index (χ4v) is 2.34. The molecular weight excluding hydrogens is 248 g/mol. The van der Waals surface area contributed by atoms with Crippen LogP contribution in [0.15, 0.2) is 24.3 Å². The molecule has 0 spiro atoms. The Bertz CT molecular complexity index is 379. The average molecular weight is 278 g/mol. The van der Waals surface area contributed by atoms with E-state index in [0.717, 1.165) is 26.2 Å². The van der Waals surface area contributed by atoms with Crippen molar-refractivity contribution in [3.8, 4) is 0 Å². The van der Waals surface area contributed by atoms with Crippen molar-refractivity contribution < 1.29 is 4.74 Å². The Morgan fingerprint density at radius 1 is 1.15 bits per heavy atom. The van der Waals surface area contributed by atoms with E-state index < -0.39 is 0 Å². The van der Waals surface area contributed by atoms with E-state index in [1.807, 2.05) is 0 Å². The lowest BCUT2D eigenvalue weighted by Gasteiger charge is -2.28. The van der Waals surface area contributed by atoms with Gasteiger partial charge >= 0.3 is 0 Å². The van der Waals surface area contributed by atoms with Crippen LogP contribution in [-0.4, -0.2) is 37.2 Å². The van der Waals surface area contributed by atoms with Gasteiger partial charge in [0, 0.05) is 32.3 Å². The third-order valence-electron chi connectivity index (χ3n) is 3.63.